The molecule has 3 aromatic rings. The number of rotatable bonds is 13. The fourth-order valence-electron chi connectivity index (χ4n) is 5.07. The molecular formula is C34H44N4O6. The van der Waals surface area contributed by atoms with Gasteiger partial charge in [0.25, 0.3) is 5.91 Å². The van der Waals surface area contributed by atoms with Crippen molar-refractivity contribution in [3.63, 3.8) is 0 Å². The number of likely N-dealkylation sites (N-methyl/N-ethyl adjacent to an activating group) is 1. The molecule has 0 saturated carbocycles. The molecule has 10 heteroatoms. The van der Waals surface area contributed by atoms with Crippen LogP contribution in [-0.4, -0.2) is 86.8 Å². The van der Waals surface area contributed by atoms with Gasteiger partial charge in [0, 0.05) is 55.7 Å². The largest absolute Gasteiger partial charge is 0.493 e. The zero-order valence-corrected chi connectivity index (χ0v) is 26.3. The molecule has 0 atom stereocenters. The number of piperidine rings is 1. The van der Waals surface area contributed by atoms with E-state index in [4.69, 9.17) is 19.9 Å². The monoisotopic (exact) mass is 604 g/mol. The van der Waals surface area contributed by atoms with E-state index in [1.54, 1.807) is 56.2 Å². The minimum Gasteiger partial charge on any atom is -0.493 e. The minimum atomic E-state index is -0.785. The number of carboxylic acids is 1. The standard InChI is InChI=1S/C34H44N4O6/c1-34(2,33(40)41)23-37-18-16-29(17-19-37)43-27-11-6-24(7-12-27)32(39)38(21-20-36(3)4)26-9-13-28(14-10-26)44-30-15-8-25(35)22-31(30)42-5/h6-15,22,29H,16-21,23,35H2,1-5H3,(H,40,41). The zero-order valence-electron chi connectivity index (χ0n) is 26.3. The van der Waals surface area contributed by atoms with E-state index in [1.165, 1.54) is 0 Å². The molecule has 1 fully saturated rings. The van der Waals surface area contributed by atoms with E-state index in [0.717, 1.165) is 31.6 Å². The fraction of sp³-hybridized carbons (Fsp3) is 0.412. The van der Waals surface area contributed by atoms with Gasteiger partial charge in [0.2, 0.25) is 0 Å². The Labute approximate surface area is 259 Å². The minimum absolute atomic E-state index is 0.0475. The molecule has 0 bridgehead atoms. The second-order valence-electron chi connectivity index (χ2n) is 12.1. The number of nitrogens with zero attached hydrogens (tertiary/aromatic N) is 3. The molecule has 3 N–H and O–H groups in total. The summed E-state index contributed by atoms with van der Waals surface area (Å²) in [7, 11) is 5.51. The number of amides is 1. The van der Waals surface area contributed by atoms with Crippen LogP contribution in [-0.2, 0) is 4.79 Å². The molecular weight excluding hydrogens is 560 g/mol. The van der Waals surface area contributed by atoms with Crippen molar-refractivity contribution in [1.82, 2.24) is 9.80 Å². The van der Waals surface area contributed by atoms with Crippen LogP contribution in [0.5, 0.6) is 23.0 Å². The fourth-order valence-corrected chi connectivity index (χ4v) is 5.07. The quantitative estimate of drug-likeness (QED) is 0.253. The third-order valence-electron chi connectivity index (χ3n) is 7.72. The molecule has 4 rings (SSSR count). The van der Waals surface area contributed by atoms with Gasteiger partial charge < -0.3 is 39.8 Å². The van der Waals surface area contributed by atoms with Crippen molar-refractivity contribution < 1.29 is 28.9 Å². The molecule has 1 aliphatic heterocycles. The van der Waals surface area contributed by atoms with Crippen LogP contribution in [0.2, 0.25) is 0 Å². The van der Waals surface area contributed by atoms with Crippen molar-refractivity contribution in [3.8, 4) is 23.0 Å². The van der Waals surface area contributed by atoms with E-state index < -0.39 is 11.4 Å². The summed E-state index contributed by atoms with van der Waals surface area (Å²) >= 11 is 0. The molecule has 44 heavy (non-hydrogen) atoms. The van der Waals surface area contributed by atoms with Crippen LogP contribution in [0.3, 0.4) is 0 Å². The number of carboxylic acid groups (broad SMARTS) is 1. The molecule has 1 amide bonds. The Morgan fingerprint density at radius 2 is 1.57 bits per heavy atom. The molecule has 10 nitrogen and oxygen atoms in total. The number of methoxy groups -OCH3 is 1. The normalized spacial score (nSPS) is 14.3. The third kappa shape index (κ3) is 8.64. The van der Waals surface area contributed by atoms with Gasteiger partial charge in [-0.2, -0.15) is 0 Å². The summed E-state index contributed by atoms with van der Waals surface area (Å²) < 4.78 is 17.6. The Hall–Kier alpha value is -4.28. The summed E-state index contributed by atoms with van der Waals surface area (Å²) in [6.07, 6.45) is 1.69. The average molecular weight is 605 g/mol. The molecule has 0 aromatic heterocycles. The predicted molar refractivity (Wildman–Crippen MR) is 172 cm³/mol. The lowest BCUT2D eigenvalue weighted by Gasteiger charge is -2.35. The Morgan fingerprint density at radius 3 is 2.16 bits per heavy atom. The Morgan fingerprint density at radius 1 is 0.932 bits per heavy atom. The first-order chi connectivity index (χ1) is 20.9. The van der Waals surface area contributed by atoms with Crippen LogP contribution < -0.4 is 24.8 Å². The number of benzene rings is 3. The lowest BCUT2D eigenvalue weighted by Crippen LogP contribution is -2.45. The highest BCUT2D eigenvalue weighted by Gasteiger charge is 2.32. The lowest BCUT2D eigenvalue weighted by molar-refractivity contribution is -0.148. The van der Waals surface area contributed by atoms with Gasteiger partial charge in [0.05, 0.1) is 12.5 Å². The zero-order chi connectivity index (χ0) is 31.9. The Kier molecular flexibility index (Phi) is 10.7. The van der Waals surface area contributed by atoms with Crippen LogP contribution in [0.15, 0.2) is 66.7 Å². The van der Waals surface area contributed by atoms with E-state index in [-0.39, 0.29) is 12.0 Å². The number of carbonyl (C=O) groups excluding carboxylic acids is 1. The molecule has 0 aliphatic carbocycles. The number of hydrogen-bond acceptors (Lipinski definition) is 8. The first-order valence-corrected chi connectivity index (χ1v) is 14.9. The van der Waals surface area contributed by atoms with E-state index in [0.29, 0.717) is 53.9 Å². The summed E-state index contributed by atoms with van der Waals surface area (Å²) in [5, 5.41) is 9.42. The maximum Gasteiger partial charge on any atom is 0.310 e. The maximum absolute atomic E-state index is 13.7. The van der Waals surface area contributed by atoms with E-state index in [2.05, 4.69) is 4.90 Å². The summed E-state index contributed by atoms with van der Waals surface area (Å²) in [5.41, 5.74) is 6.98. The van der Waals surface area contributed by atoms with E-state index in [1.807, 2.05) is 55.4 Å². The van der Waals surface area contributed by atoms with Crippen molar-refractivity contribution in [2.24, 2.45) is 5.41 Å². The summed E-state index contributed by atoms with van der Waals surface area (Å²) in [6, 6.07) is 19.9. The van der Waals surface area contributed by atoms with Crippen molar-refractivity contribution in [2.75, 3.05) is 64.6 Å². The molecule has 1 saturated heterocycles. The van der Waals surface area contributed by atoms with Gasteiger partial charge in [-0.3, -0.25) is 9.59 Å². The second kappa shape index (κ2) is 14.5. The number of ether oxygens (including phenoxy) is 3. The highest BCUT2D eigenvalue weighted by atomic mass is 16.5. The van der Waals surface area contributed by atoms with Crippen molar-refractivity contribution >= 4 is 23.3 Å². The molecule has 1 aliphatic rings. The number of likely N-dealkylation sites (tertiary alicyclic amines) is 1. The SMILES string of the molecule is COc1cc(N)ccc1Oc1ccc(N(CCN(C)C)C(=O)c2ccc(OC3CCN(CC(C)(C)C(=O)O)CC3)cc2)cc1. The van der Waals surface area contributed by atoms with E-state index in [9.17, 15) is 14.7 Å². The van der Waals surface area contributed by atoms with Crippen LogP contribution in [0.25, 0.3) is 0 Å². The summed E-state index contributed by atoms with van der Waals surface area (Å²) in [4.78, 5) is 31.2. The highest BCUT2D eigenvalue weighted by Crippen LogP contribution is 2.34. The van der Waals surface area contributed by atoms with Crippen LogP contribution in [0.4, 0.5) is 11.4 Å². The van der Waals surface area contributed by atoms with Gasteiger partial charge in [-0.1, -0.05) is 0 Å². The number of anilines is 2. The van der Waals surface area contributed by atoms with Crippen LogP contribution in [0.1, 0.15) is 37.0 Å². The van der Waals surface area contributed by atoms with Crippen LogP contribution >= 0.6 is 0 Å². The number of aliphatic carboxylic acids is 1. The molecule has 0 unspecified atom stereocenters. The first-order valence-electron chi connectivity index (χ1n) is 14.9. The maximum atomic E-state index is 13.7. The van der Waals surface area contributed by atoms with Gasteiger partial charge in [-0.15, -0.1) is 0 Å². The third-order valence-corrected chi connectivity index (χ3v) is 7.72. The predicted octanol–water partition coefficient (Wildman–Crippen LogP) is 5.23. The van der Waals surface area contributed by atoms with Crippen molar-refractivity contribution in [3.05, 3.63) is 72.3 Å². The molecule has 0 spiro atoms. The smallest absolute Gasteiger partial charge is 0.310 e. The first kappa shape index (κ1) is 32.6. The van der Waals surface area contributed by atoms with Crippen molar-refractivity contribution in [2.45, 2.75) is 32.8 Å². The second-order valence-corrected chi connectivity index (χ2v) is 12.1. The van der Waals surface area contributed by atoms with Crippen LogP contribution in [0, 0.1) is 5.41 Å². The molecule has 1 heterocycles. The Balaban J connectivity index is 1.39. The highest BCUT2D eigenvalue weighted by molar-refractivity contribution is 6.06. The number of carbonyl (C=O) groups is 2. The topological polar surface area (TPSA) is 118 Å². The lowest BCUT2D eigenvalue weighted by atomic mass is 9.92. The average Bonchev–Trinajstić information content (AvgIpc) is 2.99. The Bertz CT molecular complexity index is 1400. The van der Waals surface area contributed by atoms with Gasteiger partial charge in [0.1, 0.15) is 17.6 Å². The number of hydrogen-bond donors (Lipinski definition) is 2. The molecule has 0 radical (unpaired) electrons. The van der Waals surface area contributed by atoms with Crippen molar-refractivity contribution in [1.29, 1.82) is 0 Å². The van der Waals surface area contributed by atoms with Gasteiger partial charge in [0.15, 0.2) is 11.5 Å². The number of nitrogen functional groups attached to an aromatic ring is 1. The molecule has 236 valence electrons. The van der Waals surface area contributed by atoms with Gasteiger partial charge >= 0.3 is 5.97 Å². The summed E-state index contributed by atoms with van der Waals surface area (Å²) in [5.74, 6) is 1.51. The van der Waals surface area contributed by atoms with Gasteiger partial charge in [-0.05, 0) is 101 Å². The van der Waals surface area contributed by atoms with Gasteiger partial charge in [-0.25, -0.2) is 0 Å². The summed E-state index contributed by atoms with van der Waals surface area (Å²) in [6.45, 7) is 6.80. The number of nitrogens with two attached hydrogens (primary N) is 1. The van der Waals surface area contributed by atoms with E-state index >= 15 is 0 Å². The molecule has 3 aromatic carbocycles.